The average Bonchev–Trinajstić information content (AvgIpc) is 2.89. The van der Waals surface area contributed by atoms with Gasteiger partial charge in [-0.1, -0.05) is 18.2 Å². The molecule has 2 heterocycles. The summed E-state index contributed by atoms with van der Waals surface area (Å²) < 4.78 is 2.58. The minimum atomic E-state index is 0.752. The molecule has 84 valence electrons. The van der Waals surface area contributed by atoms with Crippen molar-refractivity contribution in [2.75, 3.05) is 24.2 Å². The Labute approximate surface area is 101 Å². The lowest BCUT2D eigenvalue weighted by atomic mass is 10.2. The highest BCUT2D eigenvalue weighted by atomic mass is 32.2. The molecule has 2 aliphatic rings. The smallest absolute Gasteiger partial charge is 0.249 e. The zero-order valence-electron chi connectivity index (χ0n) is 9.60. The first-order chi connectivity index (χ1) is 7.90. The Balaban J connectivity index is 1.96. The molecule has 2 nitrogen and oxygen atoms in total. The molecular weight excluding hydrogens is 216 g/mol. The van der Waals surface area contributed by atoms with Gasteiger partial charge in [-0.05, 0) is 43.0 Å². The molecule has 0 saturated carbocycles. The van der Waals surface area contributed by atoms with Crippen LogP contribution in [0.15, 0.2) is 30.3 Å². The molecular formula is C13H17N2S+. The number of para-hydroxylation sites is 1. The summed E-state index contributed by atoms with van der Waals surface area (Å²) in [6, 6.07) is 11.5. The molecule has 0 aromatic heterocycles. The van der Waals surface area contributed by atoms with Crippen LogP contribution in [0.1, 0.15) is 12.8 Å². The Morgan fingerprint density at radius 1 is 1.31 bits per heavy atom. The van der Waals surface area contributed by atoms with Crippen LogP contribution in [0, 0.1) is 0 Å². The zero-order chi connectivity index (χ0) is 11.0. The van der Waals surface area contributed by atoms with Crippen molar-refractivity contribution in [2.24, 2.45) is 0 Å². The molecule has 3 rings (SSSR count). The highest BCUT2D eigenvalue weighted by molar-refractivity contribution is 8.13. The Morgan fingerprint density at radius 2 is 2.12 bits per heavy atom. The second kappa shape index (κ2) is 4.13. The van der Waals surface area contributed by atoms with Crippen molar-refractivity contribution < 1.29 is 4.58 Å². The summed E-state index contributed by atoms with van der Waals surface area (Å²) in [5.74, 6) is 0. The fourth-order valence-corrected chi connectivity index (χ4v) is 3.65. The van der Waals surface area contributed by atoms with Gasteiger partial charge in [0.25, 0.3) is 0 Å². The normalized spacial score (nSPS) is 24.1. The summed E-state index contributed by atoms with van der Waals surface area (Å²) in [6.07, 6.45) is 4.90. The van der Waals surface area contributed by atoms with E-state index in [-0.39, 0.29) is 0 Å². The minimum Gasteiger partial charge on any atom is -0.249 e. The molecule has 1 aromatic carbocycles. The largest absolute Gasteiger partial charge is 0.313 e. The number of amidine groups is 1. The van der Waals surface area contributed by atoms with E-state index in [1.54, 1.807) is 0 Å². The van der Waals surface area contributed by atoms with E-state index in [9.17, 15) is 0 Å². The predicted octanol–water partition coefficient (Wildman–Crippen LogP) is 2.40. The van der Waals surface area contributed by atoms with Gasteiger partial charge in [-0.3, -0.25) is 0 Å². The van der Waals surface area contributed by atoms with Crippen LogP contribution in [0.25, 0.3) is 0 Å². The van der Waals surface area contributed by atoms with E-state index < -0.39 is 0 Å². The molecule has 3 heteroatoms. The van der Waals surface area contributed by atoms with Crippen LogP contribution in [0.5, 0.6) is 0 Å². The fourth-order valence-electron chi connectivity index (χ4n) is 2.77. The summed E-state index contributed by atoms with van der Waals surface area (Å²) in [4.78, 5) is 2.47. The highest BCUT2D eigenvalue weighted by Crippen LogP contribution is 2.28. The fraction of sp³-hybridized carbons (Fsp3) is 0.462. The van der Waals surface area contributed by atoms with E-state index in [4.69, 9.17) is 0 Å². The maximum atomic E-state index is 2.58. The van der Waals surface area contributed by atoms with Crippen LogP contribution in [0.3, 0.4) is 0 Å². The molecule has 0 spiro atoms. The van der Waals surface area contributed by atoms with Gasteiger partial charge in [-0.15, -0.1) is 0 Å². The Morgan fingerprint density at radius 3 is 2.88 bits per heavy atom. The predicted molar refractivity (Wildman–Crippen MR) is 70.5 cm³/mol. The summed E-state index contributed by atoms with van der Waals surface area (Å²) in [6.45, 7) is 2.41. The zero-order valence-corrected chi connectivity index (χ0v) is 10.4. The Kier molecular flexibility index (Phi) is 2.64. The van der Waals surface area contributed by atoms with Crippen molar-refractivity contribution in [2.45, 2.75) is 18.9 Å². The maximum Gasteiger partial charge on any atom is 0.313 e. The molecule has 1 atom stereocenters. The van der Waals surface area contributed by atoms with E-state index in [0.717, 1.165) is 6.04 Å². The third-order valence-electron chi connectivity index (χ3n) is 3.50. The molecule has 0 amide bonds. The summed E-state index contributed by atoms with van der Waals surface area (Å²) in [5, 5.41) is 1.44. The lowest BCUT2D eigenvalue weighted by molar-refractivity contribution is -0.530. The molecule has 0 N–H and O–H groups in total. The third-order valence-corrected chi connectivity index (χ3v) is 4.32. The first-order valence-corrected chi connectivity index (χ1v) is 7.13. The van der Waals surface area contributed by atoms with Gasteiger partial charge < -0.3 is 0 Å². The SMILES string of the molecule is CSC1=[N+]2CCC[C@H]2CN1c1ccccc1. The van der Waals surface area contributed by atoms with E-state index in [2.05, 4.69) is 46.1 Å². The standard InChI is InChI=1S/C13H17N2S/c1-16-13-14-9-5-8-12(14)10-15(13)11-6-3-2-4-7-11/h2-4,6-7,12H,5,8-10H2,1H3/q+1/t12-/m0/s1. The number of fused-ring (bicyclic) bond motifs is 1. The van der Waals surface area contributed by atoms with Crippen molar-refractivity contribution >= 4 is 22.6 Å². The number of thioether (sulfide) groups is 1. The molecule has 0 unspecified atom stereocenters. The molecule has 0 bridgehead atoms. The van der Waals surface area contributed by atoms with Gasteiger partial charge in [0, 0.05) is 0 Å². The van der Waals surface area contributed by atoms with Crippen molar-refractivity contribution in [3.05, 3.63) is 30.3 Å². The maximum absolute atomic E-state index is 2.58. The van der Waals surface area contributed by atoms with Crippen LogP contribution in [-0.2, 0) is 0 Å². The van der Waals surface area contributed by atoms with Crippen LogP contribution >= 0.6 is 11.8 Å². The Hall–Kier alpha value is -0.960. The highest BCUT2D eigenvalue weighted by Gasteiger charge is 2.41. The third kappa shape index (κ3) is 1.54. The summed E-state index contributed by atoms with van der Waals surface area (Å²) >= 11 is 1.88. The van der Waals surface area contributed by atoms with Crippen molar-refractivity contribution in [1.82, 2.24) is 0 Å². The van der Waals surface area contributed by atoms with Crippen LogP contribution in [-0.4, -0.2) is 35.1 Å². The number of rotatable bonds is 1. The molecule has 1 aromatic rings. The van der Waals surface area contributed by atoms with Gasteiger partial charge in [0.05, 0.1) is 6.54 Å². The second-order valence-electron chi connectivity index (χ2n) is 4.42. The number of benzene rings is 1. The lowest BCUT2D eigenvalue weighted by Crippen LogP contribution is -2.27. The van der Waals surface area contributed by atoms with Gasteiger partial charge in [0.1, 0.15) is 18.3 Å². The average molecular weight is 233 g/mol. The van der Waals surface area contributed by atoms with Crippen LogP contribution in [0.2, 0.25) is 0 Å². The Bertz CT molecular complexity index is 413. The first-order valence-electron chi connectivity index (χ1n) is 5.90. The number of hydrogen-bond donors (Lipinski definition) is 0. The van der Waals surface area contributed by atoms with Gasteiger partial charge in [0.15, 0.2) is 0 Å². The van der Waals surface area contributed by atoms with Gasteiger partial charge in [-0.25, -0.2) is 9.48 Å². The van der Waals surface area contributed by atoms with Crippen LogP contribution in [0.4, 0.5) is 5.69 Å². The lowest BCUT2D eigenvalue weighted by Gasteiger charge is -2.11. The molecule has 0 aliphatic carbocycles. The number of nitrogens with zero attached hydrogens (tertiary/aromatic N) is 2. The van der Waals surface area contributed by atoms with Gasteiger partial charge >= 0.3 is 5.17 Å². The first kappa shape index (κ1) is 10.2. The molecule has 16 heavy (non-hydrogen) atoms. The summed E-state index contributed by atoms with van der Waals surface area (Å²) in [5.41, 5.74) is 1.33. The monoisotopic (exact) mass is 233 g/mol. The van der Waals surface area contributed by atoms with Crippen molar-refractivity contribution in [3.8, 4) is 0 Å². The number of hydrogen-bond acceptors (Lipinski definition) is 2. The molecule has 2 aliphatic heterocycles. The number of anilines is 1. The second-order valence-corrected chi connectivity index (χ2v) is 5.20. The van der Waals surface area contributed by atoms with E-state index in [1.165, 1.54) is 36.8 Å². The van der Waals surface area contributed by atoms with Crippen molar-refractivity contribution in [1.29, 1.82) is 0 Å². The van der Waals surface area contributed by atoms with Crippen molar-refractivity contribution in [3.63, 3.8) is 0 Å². The van der Waals surface area contributed by atoms with E-state index in [1.807, 2.05) is 11.8 Å². The summed E-state index contributed by atoms with van der Waals surface area (Å²) in [7, 11) is 0. The quantitative estimate of drug-likeness (QED) is 0.687. The molecule has 1 fully saturated rings. The van der Waals surface area contributed by atoms with E-state index >= 15 is 0 Å². The molecule has 0 radical (unpaired) electrons. The minimum absolute atomic E-state index is 0.752. The molecule has 1 saturated heterocycles. The topological polar surface area (TPSA) is 6.25 Å². The van der Waals surface area contributed by atoms with Gasteiger partial charge in [0.2, 0.25) is 0 Å². The van der Waals surface area contributed by atoms with E-state index in [0.29, 0.717) is 0 Å². The van der Waals surface area contributed by atoms with Crippen LogP contribution < -0.4 is 4.90 Å². The van der Waals surface area contributed by atoms with Gasteiger partial charge in [-0.2, -0.15) is 0 Å².